The average molecular weight is 448 g/mol. The van der Waals surface area contributed by atoms with Gasteiger partial charge >= 0.3 is 5.69 Å². The Labute approximate surface area is 186 Å². The van der Waals surface area contributed by atoms with Gasteiger partial charge in [-0.3, -0.25) is 18.7 Å². The second-order valence-electron chi connectivity index (χ2n) is 8.54. The fourth-order valence-electron chi connectivity index (χ4n) is 3.93. The summed E-state index contributed by atoms with van der Waals surface area (Å²) < 4.78 is 2.68. The molecule has 1 saturated carbocycles. The topological polar surface area (TPSA) is 98.9 Å². The van der Waals surface area contributed by atoms with Crippen LogP contribution in [0.4, 0.5) is 0 Å². The number of amides is 1. The van der Waals surface area contributed by atoms with Gasteiger partial charge in [0.2, 0.25) is 5.91 Å². The number of nitrogens with zero attached hydrogens (tertiary/aromatic N) is 4. The van der Waals surface area contributed by atoms with Crippen LogP contribution in [0.3, 0.4) is 0 Å². The Morgan fingerprint density at radius 2 is 1.90 bits per heavy atom. The summed E-state index contributed by atoms with van der Waals surface area (Å²) in [6.07, 6.45) is 6.81. The van der Waals surface area contributed by atoms with E-state index in [1.807, 2.05) is 20.8 Å². The number of hydrogen-bond acceptors (Lipinski definition) is 6. The van der Waals surface area contributed by atoms with Gasteiger partial charge in [-0.15, -0.1) is 11.8 Å². The van der Waals surface area contributed by atoms with Crippen molar-refractivity contribution in [3.63, 3.8) is 0 Å². The normalized spacial score (nSPS) is 15.0. The lowest BCUT2D eigenvalue weighted by Crippen LogP contribution is -2.39. The predicted octanol–water partition coefficient (Wildman–Crippen LogP) is 2.95. The summed E-state index contributed by atoms with van der Waals surface area (Å²) in [4.78, 5) is 47.2. The minimum Gasteiger partial charge on any atom is -0.353 e. The van der Waals surface area contributed by atoms with Crippen LogP contribution < -0.4 is 16.6 Å². The number of rotatable bonds is 8. The zero-order valence-corrected chi connectivity index (χ0v) is 19.8. The van der Waals surface area contributed by atoms with Gasteiger partial charge in [-0.05, 0) is 19.3 Å². The summed E-state index contributed by atoms with van der Waals surface area (Å²) in [5.74, 6) is 1.20. The molecule has 1 aliphatic carbocycles. The third-order valence-electron chi connectivity index (χ3n) is 5.67. The SMILES string of the molecule is CCCn1c(=O)n(C)c(=O)c2c(SCCC(=O)NC3CCCCC3)nc(C(C)C)nc21. The fraction of sp³-hybridized carbons (Fsp3) is 0.682. The Hall–Kier alpha value is -2.16. The van der Waals surface area contributed by atoms with E-state index in [-0.39, 0.29) is 23.6 Å². The highest BCUT2D eigenvalue weighted by Gasteiger charge is 2.20. The summed E-state index contributed by atoms with van der Waals surface area (Å²) in [5.41, 5.74) is -0.366. The molecule has 8 nitrogen and oxygen atoms in total. The molecule has 1 fully saturated rings. The Morgan fingerprint density at radius 1 is 1.19 bits per heavy atom. The van der Waals surface area contributed by atoms with Gasteiger partial charge in [0.25, 0.3) is 5.56 Å². The van der Waals surface area contributed by atoms with Gasteiger partial charge in [-0.1, -0.05) is 40.0 Å². The molecule has 1 N–H and O–H groups in total. The molecule has 0 atom stereocenters. The van der Waals surface area contributed by atoms with Crippen LogP contribution in [0, 0.1) is 0 Å². The summed E-state index contributed by atoms with van der Waals surface area (Å²) in [6.45, 7) is 6.42. The maximum absolute atomic E-state index is 12.9. The summed E-state index contributed by atoms with van der Waals surface area (Å²) in [7, 11) is 1.48. The van der Waals surface area contributed by atoms with Crippen molar-refractivity contribution in [2.24, 2.45) is 7.05 Å². The molecule has 3 rings (SSSR count). The van der Waals surface area contributed by atoms with Gasteiger partial charge in [0.1, 0.15) is 16.2 Å². The number of thioether (sulfide) groups is 1. The van der Waals surface area contributed by atoms with Gasteiger partial charge in [0.05, 0.1) is 0 Å². The van der Waals surface area contributed by atoms with Crippen LogP contribution in [0.5, 0.6) is 0 Å². The summed E-state index contributed by atoms with van der Waals surface area (Å²) >= 11 is 1.39. The van der Waals surface area contributed by atoms with Crippen LogP contribution in [0.2, 0.25) is 0 Å². The van der Waals surface area contributed by atoms with E-state index in [4.69, 9.17) is 0 Å². The second kappa shape index (κ2) is 10.4. The molecule has 0 spiro atoms. The van der Waals surface area contributed by atoms with E-state index in [9.17, 15) is 14.4 Å². The number of aryl methyl sites for hydroxylation is 1. The first kappa shape index (κ1) is 23.5. The van der Waals surface area contributed by atoms with Crippen molar-refractivity contribution in [1.29, 1.82) is 0 Å². The molecule has 0 unspecified atom stereocenters. The van der Waals surface area contributed by atoms with E-state index in [1.54, 1.807) is 4.57 Å². The average Bonchev–Trinajstić information content (AvgIpc) is 2.75. The Kier molecular flexibility index (Phi) is 7.91. The van der Waals surface area contributed by atoms with Crippen LogP contribution in [-0.4, -0.2) is 36.8 Å². The fourth-order valence-corrected chi connectivity index (χ4v) is 4.89. The monoisotopic (exact) mass is 447 g/mol. The minimum absolute atomic E-state index is 0.0395. The molecule has 0 saturated heterocycles. The molecule has 2 heterocycles. The molecule has 0 bridgehead atoms. The molecule has 31 heavy (non-hydrogen) atoms. The number of aromatic nitrogens is 4. The highest BCUT2D eigenvalue weighted by Crippen LogP contribution is 2.25. The Morgan fingerprint density at radius 3 is 2.55 bits per heavy atom. The molecule has 2 aromatic heterocycles. The Bertz CT molecular complexity index is 1050. The number of hydrogen-bond donors (Lipinski definition) is 1. The van der Waals surface area contributed by atoms with Crippen molar-refractivity contribution < 1.29 is 4.79 Å². The van der Waals surface area contributed by atoms with Crippen molar-refractivity contribution in [2.75, 3.05) is 5.75 Å². The molecule has 0 aliphatic heterocycles. The van der Waals surface area contributed by atoms with Gasteiger partial charge in [0.15, 0.2) is 5.65 Å². The number of fused-ring (bicyclic) bond motifs is 1. The highest BCUT2D eigenvalue weighted by atomic mass is 32.2. The second-order valence-corrected chi connectivity index (χ2v) is 9.62. The van der Waals surface area contributed by atoms with E-state index in [0.29, 0.717) is 40.6 Å². The zero-order valence-electron chi connectivity index (χ0n) is 18.9. The van der Waals surface area contributed by atoms with Crippen LogP contribution in [-0.2, 0) is 18.4 Å². The molecular weight excluding hydrogens is 414 g/mol. The molecule has 170 valence electrons. The first-order chi connectivity index (χ1) is 14.8. The minimum atomic E-state index is -0.392. The van der Waals surface area contributed by atoms with Crippen molar-refractivity contribution in [3.05, 3.63) is 26.7 Å². The molecule has 0 radical (unpaired) electrons. The molecule has 1 aliphatic rings. The lowest BCUT2D eigenvalue weighted by Gasteiger charge is -2.22. The summed E-state index contributed by atoms with van der Waals surface area (Å²) in [6, 6.07) is 0.287. The van der Waals surface area contributed by atoms with Crippen molar-refractivity contribution >= 4 is 28.7 Å². The first-order valence-corrected chi connectivity index (χ1v) is 12.3. The molecule has 2 aromatic rings. The van der Waals surface area contributed by atoms with Gasteiger partial charge in [-0.25, -0.2) is 14.8 Å². The standard InChI is InChI=1S/C22H33N5O3S/c1-5-12-27-19-17(21(29)26(4)22(27)30)20(25-18(24-19)14(2)3)31-13-11-16(28)23-15-9-7-6-8-10-15/h14-15H,5-13H2,1-4H3,(H,23,28). The van der Waals surface area contributed by atoms with Crippen LogP contribution in [0.15, 0.2) is 14.6 Å². The van der Waals surface area contributed by atoms with Gasteiger partial charge in [0, 0.05) is 37.7 Å². The smallest absolute Gasteiger partial charge is 0.332 e. The maximum Gasteiger partial charge on any atom is 0.332 e. The molecule has 9 heteroatoms. The largest absolute Gasteiger partial charge is 0.353 e. The van der Waals surface area contributed by atoms with E-state index >= 15 is 0 Å². The number of carbonyl (C=O) groups excluding carboxylic acids is 1. The third kappa shape index (κ3) is 5.37. The van der Waals surface area contributed by atoms with E-state index in [1.165, 1.54) is 38.1 Å². The lowest BCUT2D eigenvalue weighted by molar-refractivity contribution is -0.121. The Balaban J connectivity index is 1.89. The first-order valence-electron chi connectivity index (χ1n) is 11.3. The predicted molar refractivity (Wildman–Crippen MR) is 124 cm³/mol. The van der Waals surface area contributed by atoms with Crippen molar-refractivity contribution in [3.8, 4) is 0 Å². The van der Waals surface area contributed by atoms with Crippen LogP contribution >= 0.6 is 11.8 Å². The molecular formula is C22H33N5O3S. The van der Waals surface area contributed by atoms with E-state index < -0.39 is 5.56 Å². The molecule has 1 amide bonds. The summed E-state index contributed by atoms with van der Waals surface area (Å²) in [5, 5.41) is 4.03. The van der Waals surface area contributed by atoms with Crippen molar-refractivity contribution in [1.82, 2.24) is 24.4 Å². The molecule has 0 aromatic carbocycles. The zero-order chi connectivity index (χ0) is 22.5. The van der Waals surface area contributed by atoms with Gasteiger partial charge in [-0.2, -0.15) is 0 Å². The maximum atomic E-state index is 12.9. The number of nitrogens with one attached hydrogen (secondary N) is 1. The van der Waals surface area contributed by atoms with Crippen molar-refractivity contribution in [2.45, 2.75) is 89.2 Å². The van der Waals surface area contributed by atoms with Crippen LogP contribution in [0.25, 0.3) is 11.0 Å². The van der Waals surface area contributed by atoms with Gasteiger partial charge < -0.3 is 5.32 Å². The van der Waals surface area contributed by atoms with E-state index in [2.05, 4.69) is 15.3 Å². The quantitative estimate of drug-likeness (QED) is 0.493. The van der Waals surface area contributed by atoms with E-state index in [0.717, 1.165) is 23.8 Å². The third-order valence-corrected chi connectivity index (χ3v) is 6.64. The number of carbonyl (C=O) groups is 1. The highest BCUT2D eigenvalue weighted by molar-refractivity contribution is 7.99. The lowest BCUT2D eigenvalue weighted by atomic mass is 9.95. The van der Waals surface area contributed by atoms with Crippen LogP contribution in [0.1, 0.15) is 77.5 Å².